The highest BCUT2D eigenvalue weighted by Gasteiger charge is 2.44. The molecule has 0 radical (unpaired) electrons. The summed E-state index contributed by atoms with van der Waals surface area (Å²) in [5.41, 5.74) is 0. The van der Waals surface area contributed by atoms with Crippen molar-refractivity contribution in [2.45, 2.75) is 51.3 Å². The summed E-state index contributed by atoms with van der Waals surface area (Å²) < 4.78 is 22.5. The maximum Gasteiger partial charge on any atom is 0.184 e. The molecule has 0 spiro atoms. The van der Waals surface area contributed by atoms with Crippen molar-refractivity contribution in [3.8, 4) is 0 Å². The largest absolute Gasteiger partial charge is 0.376 e. The molecule has 2 fully saturated rings. The van der Waals surface area contributed by atoms with Crippen molar-refractivity contribution in [3.63, 3.8) is 0 Å². The van der Waals surface area contributed by atoms with Gasteiger partial charge in [0.25, 0.3) is 0 Å². The normalized spacial score (nSPS) is 39.9. The zero-order valence-electron chi connectivity index (χ0n) is 10.3. The second-order valence-corrected chi connectivity index (χ2v) is 4.77. The van der Waals surface area contributed by atoms with Gasteiger partial charge >= 0.3 is 0 Å². The molecule has 2 rings (SSSR count). The van der Waals surface area contributed by atoms with Crippen LogP contribution >= 0.6 is 0 Å². The van der Waals surface area contributed by atoms with Crippen LogP contribution in [0.25, 0.3) is 0 Å². The Bertz CT molecular complexity index is 221. The molecular formula is C12H22O4. The smallest absolute Gasteiger partial charge is 0.184 e. The first-order valence-electron chi connectivity index (χ1n) is 6.16. The van der Waals surface area contributed by atoms with Gasteiger partial charge in [-0.2, -0.15) is 0 Å². The summed E-state index contributed by atoms with van der Waals surface area (Å²) in [5.74, 6) is 0.598. The summed E-state index contributed by atoms with van der Waals surface area (Å²) in [5, 5.41) is 0. The average molecular weight is 230 g/mol. The molecule has 0 N–H and O–H groups in total. The number of ether oxygens (including phenoxy) is 4. The second kappa shape index (κ2) is 5.45. The highest BCUT2D eigenvalue weighted by molar-refractivity contribution is 4.87. The maximum absolute atomic E-state index is 5.91. The van der Waals surface area contributed by atoms with E-state index in [0.717, 1.165) is 19.4 Å². The van der Waals surface area contributed by atoms with Crippen LogP contribution in [-0.4, -0.2) is 44.9 Å². The topological polar surface area (TPSA) is 36.9 Å². The van der Waals surface area contributed by atoms with E-state index in [2.05, 4.69) is 13.8 Å². The minimum Gasteiger partial charge on any atom is -0.376 e. The SMILES string of the molecule is CCC(C)CO[C@H]1C[C@@H](OC)[C@@H]2OC[C@H]1O2. The summed E-state index contributed by atoms with van der Waals surface area (Å²) >= 11 is 0. The van der Waals surface area contributed by atoms with Crippen LogP contribution in [0.2, 0.25) is 0 Å². The zero-order chi connectivity index (χ0) is 11.5. The molecule has 5 atom stereocenters. The number of hydrogen-bond donors (Lipinski definition) is 0. The van der Waals surface area contributed by atoms with E-state index in [1.165, 1.54) is 0 Å². The minimum absolute atomic E-state index is 0.0145. The fourth-order valence-corrected chi connectivity index (χ4v) is 2.11. The zero-order valence-corrected chi connectivity index (χ0v) is 10.3. The van der Waals surface area contributed by atoms with Crippen molar-refractivity contribution < 1.29 is 18.9 Å². The van der Waals surface area contributed by atoms with Crippen LogP contribution in [0.4, 0.5) is 0 Å². The van der Waals surface area contributed by atoms with E-state index in [-0.39, 0.29) is 24.6 Å². The lowest BCUT2D eigenvalue weighted by Gasteiger charge is -2.33. The van der Waals surface area contributed by atoms with Crippen molar-refractivity contribution in [2.24, 2.45) is 5.92 Å². The van der Waals surface area contributed by atoms with Crippen LogP contribution in [0.1, 0.15) is 26.7 Å². The summed E-state index contributed by atoms with van der Waals surface area (Å²) in [6.07, 6.45) is 2.07. The quantitative estimate of drug-likeness (QED) is 0.718. The van der Waals surface area contributed by atoms with Crippen LogP contribution in [0.5, 0.6) is 0 Å². The Kier molecular flexibility index (Phi) is 4.19. The van der Waals surface area contributed by atoms with Crippen LogP contribution < -0.4 is 0 Å². The summed E-state index contributed by atoms with van der Waals surface area (Å²) in [4.78, 5) is 0. The Labute approximate surface area is 97.2 Å². The van der Waals surface area contributed by atoms with E-state index in [0.29, 0.717) is 12.5 Å². The van der Waals surface area contributed by atoms with Gasteiger partial charge in [-0.15, -0.1) is 0 Å². The molecule has 2 heterocycles. The van der Waals surface area contributed by atoms with Crippen molar-refractivity contribution in [2.75, 3.05) is 20.3 Å². The van der Waals surface area contributed by atoms with Gasteiger partial charge in [0.05, 0.1) is 12.7 Å². The number of fused-ring (bicyclic) bond motifs is 2. The van der Waals surface area contributed by atoms with E-state index in [4.69, 9.17) is 18.9 Å². The van der Waals surface area contributed by atoms with Crippen LogP contribution in [0.15, 0.2) is 0 Å². The Morgan fingerprint density at radius 1 is 1.38 bits per heavy atom. The van der Waals surface area contributed by atoms with Crippen LogP contribution in [0, 0.1) is 5.92 Å². The molecule has 16 heavy (non-hydrogen) atoms. The first kappa shape index (κ1) is 12.3. The highest BCUT2D eigenvalue weighted by Crippen LogP contribution is 2.31. The Balaban J connectivity index is 1.84. The van der Waals surface area contributed by atoms with Gasteiger partial charge in [0.15, 0.2) is 6.29 Å². The molecule has 2 bridgehead atoms. The summed E-state index contributed by atoms with van der Waals surface area (Å²) in [7, 11) is 1.70. The van der Waals surface area contributed by atoms with Crippen molar-refractivity contribution in [1.29, 1.82) is 0 Å². The van der Waals surface area contributed by atoms with Crippen LogP contribution in [-0.2, 0) is 18.9 Å². The van der Waals surface area contributed by atoms with E-state index in [9.17, 15) is 0 Å². The molecule has 4 heteroatoms. The average Bonchev–Trinajstić information content (AvgIpc) is 2.73. The predicted molar refractivity (Wildman–Crippen MR) is 59.2 cm³/mol. The lowest BCUT2D eigenvalue weighted by molar-refractivity contribution is -0.200. The number of rotatable bonds is 5. The van der Waals surface area contributed by atoms with E-state index >= 15 is 0 Å². The lowest BCUT2D eigenvalue weighted by Crippen LogP contribution is -2.44. The van der Waals surface area contributed by atoms with Gasteiger partial charge in [-0.05, 0) is 5.92 Å². The minimum atomic E-state index is -0.182. The summed E-state index contributed by atoms with van der Waals surface area (Å²) in [6, 6.07) is 0. The first-order valence-corrected chi connectivity index (χ1v) is 6.16. The molecule has 2 aliphatic heterocycles. The van der Waals surface area contributed by atoms with Gasteiger partial charge in [-0.25, -0.2) is 0 Å². The molecule has 0 aliphatic carbocycles. The van der Waals surface area contributed by atoms with Crippen LogP contribution in [0.3, 0.4) is 0 Å². The predicted octanol–water partition coefficient (Wildman–Crippen LogP) is 1.58. The van der Waals surface area contributed by atoms with Crippen molar-refractivity contribution >= 4 is 0 Å². The van der Waals surface area contributed by atoms with Gasteiger partial charge < -0.3 is 18.9 Å². The fraction of sp³-hybridized carbons (Fsp3) is 1.00. The van der Waals surface area contributed by atoms with Gasteiger partial charge in [0.2, 0.25) is 0 Å². The van der Waals surface area contributed by atoms with Gasteiger partial charge in [0, 0.05) is 20.1 Å². The van der Waals surface area contributed by atoms with E-state index in [1.807, 2.05) is 0 Å². The third-order valence-electron chi connectivity index (χ3n) is 3.51. The monoisotopic (exact) mass is 230 g/mol. The Hall–Kier alpha value is -0.160. The van der Waals surface area contributed by atoms with E-state index < -0.39 is 0 Å². The Morgan fingerprint density at radius 3 is 2.88 bits per heavy atom. The second-order valence-electron chi connectivity index (χ2n) is 4.77. The highest BCUT2D eigenvalue weighted by atomic mass is 16.7. The van der Waals surface area contributed by atoms with Crippen molar-refractivity contribution in [3.05, 3.63) is 0 Å². The standard InChI is InChI=1S/C12H22O4/c1-4-8(2)6-14-9-5-10(13-3)12-15-7-11(9)16-12/h8-12H,4-7H2,1-3H3/t8?,9-,10+,11+,12+/m0/s1. The molecular weight excluding hydrogens is 208 g/mol. The molecule has 0 saturated carbocycles. The maximum atomic E-state index is 5.91. The third-order valence-corrected chi connectivity index (χ3v) is 3.51. The van der Waals surface area contributed by atoms with E-state index in [1.54, 1.807) is 7.11 Å². The molecule has 2 aliphatic rings. The summed E-state index contributed by atoms with van der Waals surface area (Å²) in [6.45, 7) is 5.81. The molecule has 4 nitrogen and oxygen atoms in total. The molecule has 2 saturated heterocycles. The number of hydrogen-bond acceptors (Lipinski definition) is 4. The molecule has 0 aromatic carbocycles. The fourth-order valence-electron chi connectivity index (χ4n) is 2.11. The Morgan fingerprint density at radius 2 is 2.19 bits per heavy atom. The van der Waals surface area contributed by atoms with Crippen molar-refractivity contribution in [1.82, 2.24) is 0 Å². The third kappa shape index (κ3) is 2.56. The van der Waals surface area contributed by atoms with Gasteiger partial charge in [-0.3, -0.25) is 0 Å². The lowest BCUT2D eigenvalue weighted by atomic mass is 10.0. The molecule has 0 aromatic heterocycles. The van der Waals surface area contributed by atoms with Gasteiger partial charge in [-0.1, -0.05) is 20.3 Å². The number of methoxy groups -OCH3 is 1. The first-order chi connectivity index (χ1) is 7.74. The molecule has 0 amide bonds. The molecule has 1 unspecified atom stereocenters. The molecule has 0 aromatic rings. The van der Waals surface area contributed by atoms with Gasteiger partial charge in [0.1, 0.15) is 12.2 Å². The molecule has 94 valence electrons.